The van der Waals surface area contributed by atoms with Gasteiger partial charge in [-0.1, -0.05) is 0 Å². The van der Waals surface area contributed by atoms with Crippen LogP contribution in [0.5, 0.6) is 0 Å². The first kappa shape index (κ1) is 49.9. The van der Waals surface area contributed by atoms with E-state index in [4.69, 9.17) is 0 Å². The van der Waals surface area contributed by atoms with Crippen molar-refractivity contribution in [3.8, 4) is 0 Å². The molecule has 0 aliphatic carbocycles. The van der Waals surface area contributed by atoms with Crippen molar-refractivity contribution < 1.29 is 200 Å². The molecule has 7 heteroatoms. The zero-order chi connectivity index (χ0) is 0. The zero-order valence-corrected chi connectivity index (χ0v) is 12.7. The van der Waals surface area contributed by atoms with Crippen LogP contribution in [0.25, 0.3) is 0 Å². The molecule has 0 fully saturated rings. The Labute approximate surface area is 193 Å². The van der Waals surface area contributed by atoms with E-state index >= 15 is 0 Å². The largest absolute Gasteiger partial charge is 0 e. The fourth-order valence-corrected chi connectivity index (χ4v) is 0. The van der Waals surface area contributed by atoms with E-state index in [1.54, 1.807) is 0 Å². The fraction of sp³-hybridized carbons (Fsp3) is 0. The summed E-state index contributed by atoms with van der Waals surface area (Å²) in [5, 5.41) is 0. The Morgan fingerprint density at radius 1 is 0.286 bits per heavy atom. The van der Waals surface area contributed by atoms with Crippen LogP contribution < -0.4 is 0 Å². The molecule has 0 heterocycles. The number of hydrogen-bond donors (Lipinski definition) is 0. The Kier molecular flexibility index (Phi) is 279. The second kappa shape index (κ2) is 39.1. The third-order valence-electron chi connectivity index (χ3n) is 0. The molecular formula is Co3Er4. The average molecular weight is 846 g/mol. The molecule has 0 aromatic rings. The van der Waals surface area contributed by atoms with E-state index in [9.17, 15) is 0 Å². The van der Waals surface area contributed by atoms with Gasteiger partial charge in [0.2, 0.25) is 0 Å². The molecule has 0 atom stereocenters. The first-order valence-corrected chi connectivity index (χ1v) is 0. The van der Waals surface area contributed by atoms with Crippen molar-refractivity contribution in [3.63, 3.8) is 0 Å². The molecule has 0 spiro atoms. The normalized spacial score (nSPS) is 0. The summed E-state index contributed by atoms with van der Waals surface area (Å²) in [5.41, 5.74) is 0. The van der Waals surface area contributed by atoms with Crippen LogP contribution in [0.2, 0.25) is 0 Å². The molecule has 0 nitrogen and oxygen atoms in total. The first-order valence-electron chi connectivity index (χ1n) is 0. The predicted octanol–water partition coefficient (Wildman–Crippen LogP) is -0.00750. The van der Waals surface area contributed by atoms with E-state index < -0.39 is 0 Å². The molecule has 0 aromatic carbocycles. The monoisotopic (exact) mass is 841 g/mol. The summed E-state index contributed by atoms with van der Waals surface area (Å²) in [7, 11) is 0. The van der Waals surface area contributed by atoms with Gasteiger partial charge in [-0.25, -0.2) is 0 Å². The third-order valence-corrected chi connectivity index (χ3v) is 0. The molecule has 0 saturated carbocycles. The number of rotatable bonds is 0. The number of hydrogen-bond acceptors (Lipinski definition) is 0. The summed E-state index contributed by atoms with van der Waals surface area (Å²) in [4.78, 5) is 0. The SMILES string of the molecule is [Co].[Co].[Co].[Er].[Er].[Er].[Er]. The molecule has 0 bridgehead atoms. The summed E-state index contributed by atoms with van der Waals surface area (Å²) in [6.45, 7) is 0. The standard InChI is InChI=1S/3Co.4Er. The quantitative estimate of drug-likeness (QED) is 0.323. The first-order chi connectivity index (χ1) is 0. The van der Waals surface area contributed by atoms with Gasteiger partial charge < -0.3 is 0 Å². The van der Waals surface area contributed by atoms with Crippen molar-refractivity contribution >= 4 is 0 Å². The molecule has 0 aliphatic rings. The second-order valence-electron chi connectivity index (χ2n) is 0. The molecule has 3 radical (unpaired) electrons. The Hall–Kier alpha value is 6.51. The Bertz CT molecular complexity index is 6.90. The van der Waals surface area contributed by atoms with E-state index in [0.29, 0.717) is 0 Å². The molecule has 0 amide bonds. The van der Waals surface area contributed by atoms with Gasteiger partial charge in [0.25, 0.3) is 0 Å². The average Bonchev–Trinajstić information content (AvgIpc) is 0. The molecule has 0 aliphatic heterocycles. The van der Waals surface area contributed by atoms with E-state index in [2.05, 4.69) is 0 Å². The van der Waals surface area contributed by atoms with Gasteiger partial charge in [-0.15, -0.1) is 0 Å². The molecule has 75 valence electrons. The summed E-state index contributed by atoms with van der Waals surface area (Å²) in [6.07, 6.45) is 0. The Morgan fingerprint density at radius 2 is 0.286 bits per heavy atom. The maximum atomic E-state index is 0. The van der Waals surface area contributed by atoms with Gasteiger partial charge in [0.05, 0.1) is 0 Å². The Morgan fingerprint density at radius 3 is 0.286 bits per heavy atom. The van der Waals surface area contributed by atoms with Crippen LogP contribution in [0.4, 0.5) is 0 Å². The molecular weight excluding hydrogens is 846 g/mol. The molecule has 0 N–H and O–H groups in total. The minimum Gasteiger partial charge on any atom is 0 e. The van der Waals surface area contributed by atoms with Crippen LogP contribution in [0.15, 0.2) is 0 Å². The predicted molar refractivity (Wildman–Crippen MR) is 0 cm³/mol. The minimum absolute atomic E-state index is 0. The molecule has 0 aromatic heterocycles. The van der Waals surface area contributed by atoms with Crippen LogP contribution in [0, 0.1) is 149 Å². The summed E-state index contributed by atoms with van der Waals surface area (Å²) in [5.74, 6) is 0. The van der Waals surface area contributed by atoms with E-state index in [-0.39, 0.29) is 200 Å². The van der Waals surface area contributed by atoms with E-state index in [0.717, 1.165) is 0 Å². The molecule has 0 rings (SSSR count). The topological polar surface area (TPSA) is 0 Å². The molecule has 7 heavy (non-hydrogen) atoms. The summed E-state index contributed by atoms with van der Waals surface area (Å²) in [6, 6.07) is 0. The van der Waals surface area contributed by atoms with Gasteiger partial charge in [0.1, 0.15) is 0 Å². The van der Waals surface area contributed by atoms with Crippen molar-refractivity contribution in [2.75, 3.05) is 0 Å². The maximum absolute atomic E-state index is 0. The minimum atomic E-state index is 0. The van der Waals surface area contributed by atoms with Crippen molar-refractivity contribution in [2.24, 2.45) is 0 Å². The van der Waals surface area contributed by atoms with Gasteiger partial charge in [0.15, 0.2) is 0 Å². The zero-order valence-electron chi connectivity index (χ0n) is 2.15. The van der Waals surface area contributed by atoms with Gasteiger partial charge in [0, 0.05) is 200 Å². The van der Waals surface area contributed by atoms with Crippen molar-refractivity contribution in [1.29, 1.82) is 0 Å². The van der Waals surface area contributed by atoms with Crippen molar-refractivity contribution in [2.45, 2.75) is 0 Å². The van der Waals surface area contributed by atoms with Crippen LogP contribution in [0.1, 0.15) is 0 Å². The van der Waals surface area contributed by atoms with Crippen LogP contribution in [-0.4, -0.2) is 0 Å². The van der Waals surface area contributed by atoms with Gasteiger partial charge in [-0.2, -0.15) is 0 Å². The Balaban J connectivity index is 0. The van der Waals surface area contributed by atoms with Crippen molar-refractivity contribution in [3.05, 3.63) is 0 Å². The van der Waals surface area contributed by atoms with E-state index in [1.807, 2.05) is 0 Å². The molecule has 0 saturated heterocycles. The smallest absolute Gasteiger partial charge is 0 e. The van der Waals surface area contributed by atoms with Gasteiger partial charge in [-0.3, -0.25) is 0 Å². The summed E-state index contributed by atoms with van der Waals surface area (Å²) < 4.78 is 0. The van der Waals surface area contributed by atoms with Gasteiger partial charge >= 0.3 is 0 Å². The second-order valence-corrected chi connectivity index (χ2v) is 0. The third kappa shape index (κ3) is 32.6. The summed E-state index contributed by atoms with van der Waals surface area (Å²) >= 11 is 0. The van der Waals surface area contributed by atoms with Gasteiger partial charge in [-0.05, 0) is 0 Å². The van der Waals surface area contributed by atoms with Crippen LogP contribution in [0.3, 0.4) is 0 Å². The van der Waals surface area contributed by atoms with Crippen molar-refractivity contribution in [1.82, 2.24) is 0 Å². The fourth-order valence-electron chi connectivity index (χ4n) is 0. The molecule has 0 unspecified atom stereocenters. The van der Waals surface area contributed by atoms with E-state index in [1.165, 1.54) is 0 Å². The van der Waals surface area contributed by atoms with Crippen LogP contribution in [-0.2, 0) is 50.3 Å². The van der Waals surface area contributed by atoms with Crippen LogP contribution >= 0.6 is 0 Å². The maximum Gasteiger partial charge on any atom is 0 e.